The minimum absolute atomic E-state index is 0.0986. The lowest BCUT2D eigenvalue weighted by molar-refractivity contribution is -0.136. The predicted octanol–water partition coefficient (Wildman–Crippen LogP) is 2.12. The number of nitrogens with zero attached hydrogens (tertiary/aromatic N) is 1. The molecule has 0 aromatic heterocycles. The second-order valence-electron chi connectivity index (χ2n) is 4.26. The van der Waals surface area contributed by atoms with Crippen molar-refractivity contribution in [1.82, 2.24) is 4.90 Å². The average Bonchev–Trinajstić information content (AvgIpc) is 2.91. The first kappa shape index (κ1) is 13.3. The van der Waals surface area contributed by atoms with E-state index in [9.17, 15) is 13.2 Å². The van der Waals surface area contributed by atoms with Crippen LogP contribution in [-0.2, 0) is 0 Å². The third-order valence-electron chi connectivity index (χ3n) is 2.64. The van der Waals surface area contributed by atoms with Gasteiger partial charge in [-0.2, -0.15) is 13.2 Å². The van der Waals surface area contributed by atoms with Crippen molar-refractivity contribution in [3.63, 3.8) is 0 Å². The lowest BCUT2D eigenvalue weighted by atomic mass is 10.2. The van der Waals surface area contributed by atoms with E-state index in [0.29, 0.717) is 25.6 Å². The molecule has 6 heteroatoms. The summed E-state index contributed by atoms with van der Waals surface area (Å²) in [5.41, 5.74) is 5.24. The molecule has 0 aromatic carbocycles. The zero-order chi connectivity index (χ0) is 12.2. The first-order valence-electron chi connectivity index (χ1n) is 5.52. The Bertz CT molecular complexity index is 236. The molecule has 1 aliphatic carbocycles. The zero-order valence-electron chi connectivity index (χ0n) is 9.19. The van der Waals surface area contributed by atoms with Crippen LogP contribution in [0.25, 0.3) is 0 Å². The van der Waals surface area contributed by atoms with Gasteiger partial charge in [-0.05, 0) is 25.8 Å². The number of amidine groups is 1. The van der Waals surface area contributed by atoms with Gasteiger partial charge in [0.25, 0.3) is 0 Å². The fraction of sp³-hybridized carbons (Fsp3) is 0.900. The molecule has 0 saturated heterocycles. The van der Waals surface area contributed by atoms with Gasteiger partial charge in [-0.1, -0.05) is 0 Å². The Morgan fingerprint density at radius 2 is 1.94 bits per heavy atom. The Balaban J connectivity index is 2.20. The summed E-state index contributed by atoms with van der Waals surface area (Å²) in [5, 5.41) is 7.10. The summed E-state index contributed by atoms with van der Waals surface area (Å²) in [4.78, 5) is 2.02. The van der Waals surface area contributed by atoms with Gasteiger partial charge < -0.3 is 5.73 Å². The van der Waals surface area contributed by atoms with Crippen LogP contribution in [0.1, 0.15) is 32.1 Å². The Morgan fingerprint density at radius 3 is 2.38 bits per heavy atom. The van der Waals surface area contributed by atoms with Gasteiger partial charge in [0, 0.05) is 25.4 Å². The maximum absolute atomic E-state index is 12.0. The fourth-order valence-electron chi connectivity index (χ4n) is 1.66. The van der Waals surface area contributed by atoms with Crippen molar-refractivity contribution >= 4 is 5.84 Å². The number of hydrogen-bond acceptors (Lipinski definition) is 2. The molecule has 94 valence electrons. The van der Waals surface area contributed by atoms with E-state index in [-0.39, 0.29) is 12.3 Å². The number of alkyl halides is 3. The Kier molecular flexibility index (Phi) is 4.58. The van der Waals surface area contributed by atoms with Crippen molar-refractivity contribution in [2.45, 2.75) is 44.3 Å². The molecule has 1 fully saturated rings. The lowest BCUT2D eigenvalue weighted by Crippen LogP contribution is -2.31. The standard InChI is InChI=1S/C10H18F3N3/c11-10(12,13)5-1-6-16(8-2-3-8)7-4-9(14)15/h8H,1-7H2,(H3,14,15). The first-order valence-corrected chi connectivity index (χ1v) is 5.52. The molecule has 0 unspecified atom stereocenters. The molecule has 1 saturated carbocycles. The van der Waals surface area contributed by atoms with E-state index in [1.54, 1.807) is 0 Å². The third-order valence-corrected chi connectivity index (χ3v) is 2.64. The topological polar surface area (TPSA) is 53.1 Å². The summed E-state index contributed by atoms with van der Waals surface area (Å²) in [6, 6.07) is 0.424. The van der Waals surface area contributed by atoms with E-state index in [0.717, 1.165) is 12.8 Å². The molecule has 3 nitrogen and oxygen atoms in total. The summed E-state index contributed by atoms with van der Waals surface area (Å²) in [7, 11) is 0. The van der Waals surface area contributed by atoms with Crippen LogP contribution in [0, 0.1) is 5.41 Å². The number of nitrogens with two attached hydrogens (primary N) is 1. The molecule has 16 heavy (non-hydrogen) atoms. The van der Waals surface area contributed by atoms with Crippen molar-refractivity contribution < 1.29 is 13.2 Å². The second-order valence-corrected chi connectivity index (χ2v) is 4.26. The third kappa shape index (κ3) is 5.95. The molecule has 1 aliphatic rings. The monoisotopic (exact) mass is 237 g/mol. The van der Waals surface area contributed by atoms with Crippen molar-refractivity contribution in [3.05, 3.63) is 0 Å². The number of nitrogens with one attached hydrogen (secondary N) is 1. The van der Waals surface area contributed by atoms with Gasteiger partial charge in [-0.15, -0.1) is 0 Å². The van der Waals surface area contributed by atoms with E-state index in [2.05, 4.69) is 0 Å². The molecule has 0 atom stereocenters. The SMILES string of the molecule is N=C(N)CCN(CCCC(F)(F)F)C1CC1. The van der Waals surface area contributed by atoms with Gasteiger partial charge in [0.2, 0.25) is 0 Å². The molecule has 0 spiro atoms. The van der Waals surface area contributed by atoms with E-state index in [4.69, 9.17) is 11.1 Å². The minimum Gasteiger partial charge on any atom is -0.388 e. The van der Waals surface area contributed by atoms with Crippen molar-refractivity contribution in [1.29, 1.82) is 5.41 Å². The van der Waals surface area contributed by atoms with E-state index >= 15 is 0 Å². The van der Waals surface area contributed by atoms with Crippen LogP contribution in [0.15, 0.2) is 0 Å². The summed E-state index contributed by atoms with van der Waals surface area (Å²) in [6.07, 6.45) is -2.08. The highest BCUT2D eigenvalue weighted by Gasteiger charge is 2.30. The van der Waals surface area contributed by atoms with Gasteiger partial charge in [-0.3, -0.25) is 10.3 Å². The minimum atomic E-state index is -4.06. The largest absolute Gasteiger partial charge is 0.389 e. The summed E-state index contributed by atoms with van der Waals surface area (Å²) < 4.78 is 35.9. The molecule has 3 N–H and O–H groups in total. The van der Waals surface area contributed by atoms with Gasteiger partial charge in [0.05, 0.1) is 5.84 Å². The molecule has 0 heterocycles. The highest BCUT2D eigenvalue weighted by molar-refractivity contribution is 5.76. The Hall–Kier alpha value is -0.780. The second kappa shape index (κ2) is 5.52. The zero-order valence-corrected chi connectivity index (χ0v) is 9.19. The van der Waals surface area contributed by atoms with Crippen molar-refractivity contribution in [2.24, 2.45) is 5.73 Å². The lowest BCUT2D eigenvalue weighted by Gasteiger charge is -2.21. The van der Waals surface area contributed by atoms with E-state index in [1.165, 1.54) is 0 Å². The number of hydrogen-bond donors (Lipinski definition) is 2. The number of halogens is 3. The highest BCUT2D eigenvalue weighted by Crippen LogP contribution is 2.28. The van der Waals surface area contributed by atoms with Crippen LogP contribution in [0.2, 0.25) is 0 Å². The highest BCUT2D eigenvalue weighted by atomic mass is 19.4. The molecular weight excluding hydrogens is 219 g/mol. The maximum atomic E-state index is 12.0. The normalized spacial score (nSPS) is 16.8. The van der Waals surface area contributed by atoms with Crippen LogP contribution in [0.3, 0.4) is 0 Å². The van der Waals surface area contributed by atoms with Gasteiger partial charge in [0.15, 0.2) is 0 Å². The average molecular weight is 237 g/mol. The molecular formula is C10H18F3N3. The molecule has 0 aliphatic heterocycles. The van der Waals surface area contributed by atoms with Crippen LogP contribution < -0.4 is 5.73 Å². The molecule has 0 aromatic rings. The Morgan fingerprint density at radius 1 is 1.31 bits per heavy atom. The van der Waals surface area contributed by atoms with Gasteiger partial charge >= 0.3 is 6.18 Å². The number of rotatable bonds is 7. The first-order chi connectivity index (χ1) is 7.38. The van der Waals surface area contributed by atoms with Crippen LogP contribution in [-0.4, -0.2) is 36.0 Å². The smallest absolute Gasteiger partial charge is 0.388 e. The fourth-order valence-corrected chi connectivity index (χ4v) is 1.66. The molecule has 0 amide bonds. The molecule has 0 radical (unpaired) electrons. The predicted molar refractivity (Wildman–Crippen MR) is 56.4 cm³/mol. The van der Waals surface area contributed by atoms with Crippen molar-refractivity contribution in [3.8, 4) is 0 Å². The summed E-state index contributed by atoms with van der Waals surface area (Å²) >= 11 is 0. The van der Waals surface area contributed by atoms with E-state index in [1.807, 2.05) is 4.90 Å². The van der Waals surface area contributed by atoms with Crippen LogP contribution >= 0.6 is 0 Å². The summed E-state index contributed by atoms with van der Waals surface area (Å²) in [6.45, 7) is 1.06. The quantitative estimate of drug-likeness (QED) is 0.526. The van der Waals surface area contributed by atoms with Gasteiger partial charge in [0.1, 0.15) is 0 Å². The maximum Gasteiger partial charge on any atom is 0.389 e. The van der Waals surface area contributed by atoms with E-state index < -0.39 is 12.6 Å². The summed E-state index contributed by atoms with van der Waals surface area (Å²) in [5.74, 6) is 0.0986. The Labute approximate surface area is 93.3 Å². The van der Waals surface area contributed by atoms with Crippen LogP contribution in [0.4, 0.5) is 13.2 Å². The molecule has 0 bridgehead atoms. The van der Waals surface area contributed by atoms with Crippen molar-refractivity contribution in [2.75, 3.05) is 13.1 Å². The molecule has 1 rings (SSSR count). The van der Waals surface area contributed by atoms with Crippen LogP contribution in [0.5, 0.6) is 0 Å². The van der Waals surface area contributed by atoms with Gasteiger partial charge in [-0.25, -0.2) is 0 Å².